The van der Waals surface area contributed by atoms with E-state index >= 15 is 0 Å². The van der Waals surface area contributed by atoms with Gasteiger partial charge in [-0.15, -0.1) is 0 Å². The van der Waals surface area contributed by atoms with Crippen LogP contribution in [0.1, 0.15) is 42.7 Å². The Bertz CT molecular complexity index is 456. The molecule has 1 aromatic heterocycles. The first-order chi connectivity index (χ1) is 7.34. The minimum absolute atomic E-state index is 0.318. The summed E-state index contributed by atoms with van der Waals surface area (Å²) in [5.74, 6) is -0.441. The molecule has 0 saturated carbocycles. The zero-order chi connectivity index (χ0) is 12.1. The topological polar surface area (TPSA) is 73.4 Å². The standard InChI is InChI=1S/C11H14N2O3/c1-11(2,3)8-6-4-12-5-7(6)9(14)13(8)10(15)16/h4-5,8,12H,1-3H3,(H,15,16). The molecule has 0 fully saturated rings. The van der Waals surface area contributed by atoms with Crippen molar-refractivity contribution in [3.63, 3.8) is 0 Å². The Morgan fingerprint density at radius 2 is 2.06 bits per heavy atom. The third-order valence-corrected chi connectivity index (χ3v) is 2.81. The Labute approximate surface area is 93.1 Å². The first-order valence-electron chi connectivity index (χ1n) is 5.07. The third-order valence-electron chi connectivity index (χ3n) is 2.81. The number of hydrogen-bond donors (Lipinski definition) is 2. The maximum absolute atomic E-state index is 11.9. The number of amides is 2. The molecule has 2 rings (SSSR count). The van der Waals surface area contributed by atoms with E-state index in [9.17, 15) is 9.59 Å². The number of fused-ring (bicyclic) bond motifs is 1. The first-order valence-corrected chi connectivity index (χ1v) is 5.07. The van der Waals surface area contributed by atoms with E-state index in [1.807, 2.05) is 20.8 Å². The molecule has 16 heavy (non-hydrogen) atoms. The van der Waals surface area contributed by atoms with Crippen LogP contribution < -0.4 is 0 Å². The maximum atomic E-state index is 11.9. The minimum atomic E-state index is -1.19. The fourth-order valence-corrected chi connectivity index (χ4v) is 2.22. The van der Waals surface area contributed by atoms with Crippen molar-refractivity contribution in [3.05, 3.63) is 23.5 Å². The number of carbonyl (C=O) groups excluding carboxylic acids is 1. The molecule has 0 bridgehead atoms. The van der Waals surface area contributed by atoms with Crippen molar-refractivity contribution >= 4 is 12.0 Å². The molecule has 1 aliphatic heterocycles. The number of carboxylic acid groups (broad SMARTS) is 1. The number of carbonyl (C=O) groups is 2. The molecule has 1 aromatic rings. The lowest BCUT2D eigenvalue weighted by Gasteiger charge is -2.32. The van der Waals surface area contributed by atoms with Gasteiger partial charge in [0.2, 0.25) is 0 Å². The minimum Gasteiger partial charge on any atom is -0.465 e. The fraction of sp³-hybridized carbons (Fsp3) is 0.455. The van der Waals surface area contributed by atoms with Gasteiger partial charge in [0.05, 0.1) is 11.6 Å². The molecule has 5 heteroatoms. The van der Waals surface area contributed by atoms with Crippen LogP contribution in [0.5, 0.6) is 0 Å². The molecule has 1 unspecified atom stereocenters. The quantitative estimate of drug-likeness (QED) is 0.707. The largest absolute Gasteiger partial charge is 0.465 e. The molecule has 86 valence electrons. The van der Waals surface area contributed by atoms with Crippen molar-refractivity contribution < 1.29 is 14.7 Å². The van der Waals surface area contributed by atoms with Gasteiger partial charge in [-0.2, -0.15) is 0 Å². The van der Waals surface area contributed by atoms with Gasteiger partial charge in [-0.25, -0.2) is 9.69 Å². The Hall–Kier alpha value is -1.78. The fourth-order valence-electron chi connectivity index (χ4n) is 2.22. The van der Waals surface area contributed by atoms with Gasteiger partial charge >= 0.3 is 6.09 Å². The number of hydrogen-bond acceptors (Lipinski definition) is 2. The molecule has 0 radical (unpaired) electrons. The van der Waals surface area contributed by atoms with Crippen molar-refractivity contribution in [2.75, 3.05) is 0 Å². The number of imide groups is 1. The lowest BCUT2D eigenvalue weighted by Crippen LogP contribution is -2.39. The van der Waals surface area contributed by atoms with Crippen molar-refractivity contribution in [1.82, 2.24) is 9.88 Å². The van der Waals surface area contributed by atoms with Crippen LogP contribution in [0.25, 0.3) is 0 Å². The summed E-state index contributed by atoms with van der Waals surface area (Å²) < 4.78 is 0. The van der Waals surface area contributed by atoms with E-state index in [4.69, 9.17) is 5.11 Å². The van der Waals surface area contributed by atoms with E-state index in [-0.39, 0.29) is 5.41 Å². The molecular formula is C11H14N2O3. The molecule has 1 atom stereocenters. The molecule has 0 spiro atoms. The molecule has 2 amide bonds. The van der Waals surface area contributed by atoms with E-state index in [0.29, 0.717) is 5.56 Å². The number of nitrogens with zero attached hydrogens (tertiary/aromatic N) is 1. The SMILES string of the molecule is CC(C)(C)C1c2c[nH]cc2C(=O)N1C(=O)O. The zero-order valence-corrected chi connectivity index (χ0v) is 9.44. The van der Waals surface area contributed by atoms with Crippen LogP contribution in [-0.2, 0) is 0 Å². The van der Waals surface area contributed by atoms with E-state index < -0.39 is 18.0 Å². The molecular weight excluding hydrogens is 208 g/mol. The van der Waals surface area contributed by atoms with Crippen LogP contribution >= 0.6 is 0 Å². The van der Waals surface area contributed by atoms with Gasteiger partial charge in [0, 0.05) is 18.0 Å². The Balaban J connectivity index is 2.56. The van der Waals surface area contributed by atoms with Crippen LogP contribution in [0.4, 0.5) is 4.79 Å². The highest BCUT2D eigenvalue weighted by molar-refractivity contribution is 6.06. The predicted molar refractivity (Wildman–Crippen MR) is 57.2 cm³/mol. The normalized spacial score (nSPS) is 20.1. The average Bonchev–Trinajstić information content (AvgIpc) is 2.65. The van der Waals surface area contributed by atoms with E-state index in [2.05, 4.69) is 4.98 Å². The molecule has 0 aromatic carbocycles. The summed E-state index contributed by atoms with van der Waals surface area (Å²) in [6.45, 7) is 5.76. The average molecular weight is 222 g/mol. The van der Waals surface area contributed by atoms with Gasteiger partial charge < -0.3 is 10.1 Å². The Kier molecular flexibility index (Phi) is 2.08. The number of rotatable bonds is 0. The van der Waals surface area contributed by atoms with Crippen LogP contribution in [0.3, 0.4) is 0 Å². The van der Waals surface area contributed by atoms with Gasteiger partial charge in [0.25, 0.3) is 5.91 Å². The van der Waals surface area contributed by atoms with Crippen molar-refractivity contribution in [1.29, 1.82) is 0 Å². The molecule has 2 heterocycles. The highest BCUT2D eigenvalue weighted by Crippen LogP contribution is 2.44. The van der Waals surface area contributed by atoms with E-state index in [0.717, 1.165) is 10.5 Å². The monoisotopic (exact) mass is 222 g/mol. The van der Waals surface area contributed by atoms with Crippen LogP contribution in [-0.4, -0.2) is 27.0 Å². The van der Waals surface area contributed by atoms with Gasteiger partial charge in [0.15, 0.2) is 0 Å². The van der Waals surface area contributed by atoms with Crippen molar-refractivity contribution in [3.8, 4) is 0 Å². The van der Waals surface area contributed by atoms with Crippen molar-refractivity contribution in [2.24, 2.45) is 5.41 Å². The number of aromatic nitrogens is 1. The van der Waals surface area contributed by atoms with E-state index in [1.54, 1.807) is 12.4 Å². The first kappa shape index (κ1) is 10.7. The molecule has 5 nitrogen and oxygen atoms in total. The Morgan fingerprint density at radius 3 is 2.56 bits per heavy atom. The summed E-state index contributed by atoms with van der Waals surface area (Å²) >= 11 is 0. The third kappa shape index (κ3) is 1.31. The molecule has 1 aliphatic rings. The highest BCUT2D eigenvalue weighted by atomic mass is 16.4. The maximum Gasteiger partial charge on any atom is 0.414 e. The summed E-state index contributed by atoms with van der Waals surface area (Å²) in [6.07, 6.45) is 2.06. The smallest absolute Gasteiger partial charge is 0.414 e. The van der Waals surface area contributed by atoms with E-state index in [1.165, 1.54) is 0 Å². The van der Waals surface area contributed by atoms with Crippen LogP contribution in [0.15, 0.2) is 12.4 Å². The summed E-state index contributed by atoms with van der Waals surface area (Å²) in [6, 6.07) is -0.418. The molecule has 0 saturated heterocycles. The summed E-state index contributed by atoms with van der Waals surface area (Å²) in [5.41, 5.74) is 0.906. The lowest BCUT2D eigenvalue weighted by molar-refractivity contribution is 0.0582. The highest BCUT2D eigenvalue weighted by Gasteiger charge is 2.46. The molecule has 0 aliphatic carbocycles. The Morgan fingerprint density at radius 1 is 1.44 bits per heavy atom. The van der Waals surface area contributed by atoms with Crippen molar-refractivity contribution in [2.45, 2.75) is 26.8 Å². The zero-order valence-electron chi connectivity index (χ0n) is 9.44. The summed E-state index contributed by atoms with van der Waals surface area (Å²) in [7, 11) is 0. The van der Waals surface area contributed by atoms with Crippen LogP contribution in [0.2, 0.25) is 0 Å². The predicted octanol–water partition coefficient (Wildman–Crippen LogP) is 2.24. The van der Waals surface area contributed by atoms with Gasteiger partial charge in [-0.1, -0.05) is 20.8 Å². The second-order valence-electron chi connectivity index (χ2n) is 5.05. The molecule has 2 N–H and O–H groups in total. The number of nitrogens with one attached hydrogen (secondary N) is 1. The summed E-state index contributed by atoms with van der Waals surface area (Å²) in [4.78, 5) is 26.8. The van der Waals surface area contributed by atoms with Gasteiger partial charge in [-0.05, 0) is 5.41 Å². The lowest BCUT2D eigenvalue weighted by atomic mass is 9.83. The second kappa shape index (κ2) is 3.10. The van der Waals surface area contributed by atoms with Crippen LogP contribution in [0, 0.1) is 5.41 Å². The number of H-pyrrole nitrogens is 1. The number of aromatic amines is 1. The second-order valence-corrected chi connectivity index (χ2v) is 5.05. The summed E-state index contributed by atoms with van der Waals surface area (Å²) in [5, 5.41) is 9.10. The van der Waals surface area contributed by atoms with Gasteiger partial charge in [-0.3, -0.25) is 4.79 Å². The van der Waals surface area contributed by atoms with Gasteiger partial charge in [0.1, 0.15) is 0 Å².